The minimum atomic E-state index is -0.636. The second kappa shape index (κ2) is 13.4. The zero-order valence-corrected chi connectivity index (χ0v) is 32.1. The third kappa shape index (κ3) is 5.26. The predicted molar refractivity (Wildman–Crippen MR) is 234 cm³/mol. The summed E-state index contributed by atoms with van der Waals surface area (Å²) in [5.41, 5.74) is 17.8. The van der Waals surface area contributed by atoms with Gasteiger partial charge in [0.25, 0.3) is 0 Å². The molecule has 1 aliphatic heterocycles. The molecule has 0 radical (unpaired) electrons. The lowest BCUT2D eigenvalue weighted by molar-refractivity contribution is 0.436. The number of benzene rings is 7. The topological polar surface area (TPSA) is 47.9 Å². The van der Waals surface area contributed by atoms with E-state index in [-0.39, 0.29) is 0 Å². The summed E-state index contributed by atoms with van der Waals surface area (Å²) < 4.78 is 6.66. The Hall–Kier alpha value is -7.43. The number of hydrogen-bond donors (Lipinski definition) is 0. The predicted octanol–water partition coefficient (Wildman–Crippen LogP) is 13.3. The van der Waals surface area contributed by atoms with Gasteiger partial charge in [-0.05, 0) is 82.6 Å². The van der Waals surface area contributed by atoms with Gasteiger partial charge in [-0.15, -0.1) is 0 Å². The standard InChI is InChI=1S/C54H37N3O/c1-34-30-35(2)52(55-33-34)39-26-24-36(25-27-39)40-28-29-43-42(31-40)51-41(53-56-47(37-14-5-3-6-15-37)32-48(57-53)38-16-7-4-8-17-38)18-13-21-46(51)54(43)44-19-9-11-22-49(44)58-50-23-12-10-20-45(50)54/h3-33H,1-2H3. The van der Waals surface area contributed by atoms with Gasteiger partial charge in [0.2, 0.25) is 0 Å². The van der Waals surface area contributed by atoms with Crippen LogP contribution in [0, 0.1) is 13.8 Å². The van der Waals surface area contributed by atoms with Crippen molar-refractivity contribution in [2.45, 2.75) is 19.3 Å². The van der Waals surface area contributed by atoms with Crippen molar-refractivity contribution >= 4 is 0 Å². The molecule has 0 amide bonds. The van der Waals surface area contributed by atoms with E-state index in [1.54, 1.807) is 0 Å². The lowest BCUT2D eigenvalue weighted by Crippen LogP contribution is -2.32. The molecule has 58 heavy (non-hydrogen) atoms. The highest BCUT2D eigenvalue weighted by molar-refractivity contribution is 5.97. The molecule has 3 heterocycles. The highest BCUT2D eigenvalue weighted by Gasteiger charge is 2.51. The van der Waals surface area contributed by atoms with Crippen LogP contribution in [0.4, 0.5) is 0 Å². The molecule has 1 aliphatic carbocycles. The molecule has 4 heteroatoms. The van der Waals surface area contributed by atoms with Gasteiger partial charge < -0.3 is 4.74 Å². The van der Waals surface area contributed by atoms with E-state index in [4.69, 9.17) is 19.7 Å². The monoisotopic (exact) mass is 743 g/mol. The van der Waals surface area contributed by atoms with Crippen molar-refractivity contribution in [2.75, 3.05) is 0 Å². The van der Waals surface area contributed by atoms with Crippen LogP contribution in [0.25, 0.3) is 67.4 Å². The normalized spacial score (nSPS) is 12.9. The van der Waals surface area contributed by atoms with Crippen molar-refractivity contribution in [2.24, 2.45) is 0 Å². The first-order valence-corrected chi connectivity index (χ1v) is 19.8. The van der Waals surface area contributed by atoms with Crippen molar-refractivity contribution in [3.8, 4) is 78.9 Å². The Labute approximate surface area is 338 Å². The van der Waals surface area contributed by atoms with Crippen molar-refractivity contribution < 1.29 is 4.74 Å². The van der Waals surface area contributed by atoms with E-state index < -0.39 is 5.41 Å². The number of fused-ring (bicyclic) bond motifs is 9. The SMILES string of the molecule is Cc1cnc(-c2ccc(-c3ccc4c(c3)-c3c(-c5nc(-c6ccccc6)cc(-c6ccccc6)n5)cccc3C43c4ccccc4Oc4ccccc43)cc2)c(C)c1. The summed E-state index contributed by atoms with van der Waals surface area (Å²) in [7, 11) is 0. The van der Waals surface area contributed by atoms with Gasteiger partial charge in [-0.2, -0.15) is 0 Å². The third-order valence-electron chi connectivity index (χ3n) is 11.8. The van der Waals surface area contributed by atoms with E-state index >= 15 is 0 Å². The van der Waals surface area contributed by atoms with Crippen LogP contribution in [0.5, 0.6) is 11.5 Å². The van der Waals surface area contributed by atoms with E-state index in [1.807, 2.05) is 18.3 Å². The van der Waals surface area contributed by atoms with E-state index in [0.29, 0.717) is 5.82 Å². The van der Waals surface area contributed by atoms with Gasteiger partial charge in [0.05, 0.1) is 22.5 Å². The zero-order valence-electron chi connectivity index (χ0n) is 32.1. The highest BCUT2D eigenvalue weighted by atomic mass is 16.5. The van der Waals surface area contributed by atoms with Crippen molar-refractivity contribution in [1.29, 1.82) is 0 Å². The van der Waals surface area contributed by atoms with Crippen LogP contribution < -0.4 is 4.74 Å². The molecule has 0 fully saturated rings. The minimum absolute atomic E-state index is 0.636. The average Bonchev–Trinajstić information content (AvgIpc) is 3.57. The maximum atomic E-state index is 6.66. The zero-order chi connectivity index (χ0) is 38.8. The van der Waals surface area contributed by atoms with Crippen LogP contribution >= 0.6 is 0 Å². The average molecular weight is 744 g/mol. The molecular weight excluding hydrogens is 707 g/mol. The first kappa shape index (κ1) is 33.9. The third-order valence-corrected chi connectivity index (χ3v) is 11.8. The van der Waals surface area contributed by atoms with Crippen molar-refractivity contribution in [1.82, 2.24) is 15.0 Å². The van der Waals surface area contributed by atoms with Crippen LogP contribution in [-0.4, -0.2) is 15.0 Å². The van der Waals surface area contributed by atoms with E-state index in [0.717, 1.165) is 89.8 Å². The number of nitrogens with zero attached hydrogens (tertiary/aromatic N) is 3. The Bertz CT molecular complexity index is 2940. The van der Waals surface area contributed by atoms with Gasteiger partial charge in [-0.25, -0.2) is 9.97 Å². The quantitative estimate of drug-likeness (QED) is 0.176. The maximum Gasteiger partial charge on any atom is 0.161 e. The van der Waals surface area contributed by atoms with Crippen LogP contribution in [0.3, 0.4) is 0 Å². The Morgan fingerprint density at radius 1 is 0.431 bits per heavy atom. The molecule has 11 rings (SSSR count). The Balaban J connectivity index is 1.18. The van der Waals surface area contributed by atoms with E-state index in [9.17, 15) is 0 Å². The molecular formula is C54H37N3O. The minimum Gasteiger partial charge on any atom is -0.457 e. The van der Waals surface area contributed by atoms with Crippen LogP contribution in [0.2, 0.25) is 0 Å². The number of hydrogen-bond acceptors (Lipinski definition) is 4. The van der Waals surface area contributed by atoms with Gasteiger partial charge in [0.1, 0.15) is 11.5 Å². The number of aromatic nitrogens is 3. The molecule has 9 aromatic rings. The molecule has 0 unspecified atom stereocenters. The van der Waals surface area contributed by atoms with E-state index in [1.165, 1.54) is 16.7 Å². The summed E-state index contributed by atoms with van der Waals surface area (Å²) in [4.78, 5) is 15.5. The summed E-state index contributed by atoms with van der Waals surface area (Å²) >= 11 is 0. The number of rotatable bonds is 5. The fraction of sp³-hybridized carbons (Fsp3) is 0.0556. The van der Waals surface area contributed by atoms with Gasteiger partial charge in [0.15, 0.2) is 5.82 Å². The van der Waals surface area contributed by atoms with E-state index in [2.05, 4.69) is 184 Å². The molecule has 0 saturated heterocycles. The number of ether oxygens (including phenoxy) is 1. The van der Waals surface area contributed by atoms with Gasteiger partial charge >= 0.3 is 0 Å². The van der Waals surface area contributed by atoms with Crippen molar-refractivity contribution in [3.63, 3.8) is 0 Å². The summed E-state index contributed by atoms with van der Waals surface area (Å²) in [6.07, 6.45) is 1.94. The fourth-order valence-corrected chi connectivity index (χ4v) is 9.24. The van der Waals surface area contributed by atoms with Gasteiger partial charge in [0, 0.05) is 39.6 Å². The van der Waals surface area contributed by atoms with Crippen LogP contribution in [0.15, 0.2) is 188 Å². The number of aryl methyl sites for hydroxylation is 2. The van der Waals surface area contributed by atoms with Crippen LogP contribution in [-0.2, 0) is 5.41 Å². The molecule has 7 aromatic carbocycles. The maximum absolute atomic E-state index is 6.66. The van der Waals surface area contributed by atoms with Gasteiger partial charge in [-0.3, -0.25) is 4.98 Å². The number of pyridine rings is 1. The molecule has 2 aromatic heterocycles. The molecule has 2 aliphatic rings. The molecule has 4 nitrogen and oxygen atoms in total. The first-order chi connectivity index (χ1) is 28.6. The number of para-hydroxylation sites is 2. The lowest BCUT2D eigenvalue weighted by Gasteiger charge is -2.39. The van der Waals surface area contributed by atoms with Gasteiger partial charge in [-0.1, -0.05) is 158 Å². The lowest BCUT2D eigenvalue weighted by atomic mass is 9.66. The molecule has 274 valence electrons. The highest BCUT2D eigenvalue weighted by Crippen LogP contribution is 2.63. The molecule has 0 bridgehead atoms. The largest absolute Gasteiger partial charge is 0.457 e. The second-order valence-electron chi connectivity index (χ2n) is 15.3. The fourth-order valence-electron chi connectivity index (χ4n) is 9.24. The molecule has 1 spiro atoms. The first-order valence-electron chi connectivity index (χ1n) is 19.8. The summed E-state index contributed by atoms with van der Waals surface area (Å²) in [6.45, 7) is 4.21. The summed E-state index contributed by atoms with van der Waals surface area (Å²) in [5, 5.41) is 0. The Kier molecular flexibility index (Phi) is 7.80. The summed E-state index contributed by atoms with van der Waals surface area (Å²) in [6, 6.07) is 64.5. The smallest absolute Gasteiger partial charge is 0.161 e. The molecule has 0 N–H and O–H groups in total. The summed E-state index contributed by atoms with van der Waals surface area (Å²) in [5.74, 6) is 2.40. The Morgan fingerprint density at radius 2 is 1.00 bits per heavy atom. The molecule has 0 atom stereocenters. The second-order valence-corrected chi connectivity index (χ2v) is 15.3. The van der Waals surface area contributed by atoms with Crippen LogP contribution in [0.1, 0.15) is 33.4 Å². The Morgan fingerprint density at radius 3 is 1.64 bits per heavy atom. The molecule has 0 saturated carbocycles. The van der Waals surface area contributed by atoms with Crippen molar-refractivity contribution in [3.05, 3.63) is 222 Å².